The Hall–Kier alpha value is -3.00. The molecule has 3 rings (SSSR count). The minimum atomic E-state index is -0.398. The fraction of sp³-hybridized carbons (Fsp3) is 0.176. The molecule has 1 heterocycles. The monoisotopic (exact) mass is 294 g/mol. The van der Waals surface area contributed by atoms with Crippen LogP contribution in [-0.2, 0) is 4.74 Å². The van der Waals surface area contributed by atoms with Crippen molar-refractivity contribution in [3.8, 4) is 22.9 Å². The highest BCUT2D eigenvalue weighted by Crippen LogP contribution is 2.23. The SMILES string of the molecule is N#Cc1ccc(-c2ccc(OC[C@H]3CNC(=O)O3)cc2)cc1. The Morgan fingerprint density at radius 2 is 1.77 bits per heavy atom. The molecule has 0 saturated carbocycles. The van der Waals surface area contributed by atoms with Crippen molar-refractivity contribution in [3.05, 3.63) is 54.1 Å². The van der Waals surface area contributed by atoms with E-state index in [1.54, 1.807) is 12.1 Å². The van der Waals surface area contributed by atoms with Crippen LogP contribution in [0.2, 0.25) is 0 Å². The second kappa shape index (κ2) is 6.19. The molecule has 0 spiro atoms. The first-order valence-corrected chi connectivity index (χ1v) is 6.92. The lowest BCUT2D eigenvalue weighted by Crippen LogP contribution is -2.21. The van der Waals surface area contributed by atoms with Crippen LogP contribution in [-0.4, -0.2) is 25.3 Å². The van der Waals surface area contributed by atoms with E-state index >= 15 is 0 Å². The highest BCUT2D eigenvalue weighted by Gasteiger charge is 2.22. The maximum absolute atomic E-state index is 10.9. The molecule has 1 aliphatic heterocycles. The molecular weight excluding hydrogens is 280 g/mol. The van der Waals surface area contributed by atoms with E-state index < -0.39 is 6.09 Å². The number of nitriles is 1. The topological polar surface area (TPSA) is 71.3 Å². The second-order valence-electron chi connectivity index (χ2n) is 4.93. The van der Waals surface area contributed by atoms with Crippen molar-refractivity contribution < 1.29 is 14.3 Å². The van der Waals surface area contributed by atoms with Gasteiger partial charge in [0.2, 0.25) is 0 Å². The first-order chi connectivity index (χ1) is 10.7. The van der Waals surface area contributed by atoms with Gasteiger partial charge in [-0.3, -0.25) is 0 Å². The van der Waals surface area contributed by atoms with Crippen molar-refractivity contribution in [1.29, 1.82) is 5.26 Å². The Morgan fingerprint density at radius 1 is 1.14 bits per heavy atom. The van der Waals surface area contributed by atoms with E-state index in [1.807, 2.05) is 36.4 Å². The number of nitrogens with one attached hydrogen (secondary N) is 1. The van der Waals surface area contributed by atoms with Gasteiger partial charge in [-0.2, -0.15) is 5.26 Å². The number of cyclic esters (lactones) is 1. The molecule has 0 aliphatic carbocycles. The summed E-state index contributed by atoms with van der Waals surface area (Å²) in [5, 5.41) is 11.4. The van der Waals surface area contributed by atoms with Gasteiger partial charge in [0.05, 0.1) is 18.2 Å². The standard InChI is InChI=1S/C17H14N2O3/c18-9-12-1-3-13(4-2-12)14-5-7-15(8-6-14)21-11-16-10-19-17(20)22-16/h1-8,16H,10-11H2,(H,19,20)/t16-/m1/s1. The molecule has 0 bridgehead atoms. The van der Waals surface area contributed by atoms with E-state index in [-0.39, 0.29) is 6.10 Å². The fourth-order valence-electron chi connectivity index (χ4n) is 2.19. The summed E-state index contributed by atoms with van der Waals surface area (Å²) in [7, 11) is 0. The van der Waals surface area contributed by atoms with Crippen LogP contribution in [0.3, 0.4) is 0 Å². The highest BCUT2D eigenvalue weighted by molar-refractivity contribution is 5.69. The zero-order valence-electron chi connectivity index (χ0n) is 11.8. The molecule has 2 aromatic carbocycles. The van der Waals surface area contributed by atoms with Gasteiger partial charge in [0.15, 0.2) is 6.10 Å². The van der Waals surface area contributed by atoms with Crippen LogP contribution in [0.1, 0.15) is 5.56 Å². The molecule has 1 N–H and O–H groups in total. The van der Waals surface area contributed by atoms with E-state index in [4.69, 9.17) is 14.7 Å². The summed E-state index contributed by atoms with van der Waals surface area (Å²) in [6.07, 6.45) is -0.643. The third-order valence-corrected chi connectivity index (χ3v) is 3.39. The summed E-state index contributed by atoms with van der Waals surface area (Å²) in [6, 6.07) is 17.2. The Labute approximate surface area is 128 Å². The van der Waals surface area contributed by atoms with E-state index in [0.717, 1.165) is 16.9 Å². The van der Waals surface area contributed by atoms with Gasteiger partial charge in [0.1, 0.15) is 12.4 Å². The second-order valence-corrected chi connectivity index (χ2v) is 4.93. The summed E-state index contributed by atoms with van der Waals surface area (Å²) in [5.74, 6) is 0.723. The van der Waals surface area contributed by atoms with Crippen LogP contribution in [0.5, 0.6) is 5.75 Å². The molecule has 1 aliphatic rings. The Morgan fingerprint density at radius 3 is 2.32 bits per heavy atom. The van der Waals surface area contributed by atoms with E-state index in [0.29, 0.717) is 18.7 Å². The van der Waals surface area contributed by atoms with Crippen LogP contribution in [0.4, 0.5) is 4.79 Å². The number of rotatable bonds is 4. The molecule has 110 valence electrons. The Kier molecular flexibility index (Phi) is 3.92. The molecule has 1 saturated heterocycles. The number of hydrogen-bond acceptors (Lipinski definition) is 4. The minimum Gasteiger partial charge on any atom is -0.490 e. The largest absolute Gasteiger partial charge is 0.490 e. The third-order valence-electron chi connectivity index (χ3n) is 3.39. The van der Waals surface area contributed by atoms with E-state index in [2.05, 4.69) is 11.4 Å². The summed E-state index contributed by atoms with van der Waals surface area (Å²) in [6.45, 7) is 0.803. The smallest absolute Gasteiger partial charge is 0.407 e. The van der Waals surface area contributed by atoms with Crippen LogP contribution < -0.4 is 10.1 Å². The van der Waals surface area contributed by atoms with E-state index in [9.17, 15) is 4.79 Å². The van der Waals surface area contributed by atoms with Crippen molar-refractivity contribution in [2.75, 3.05) is 13.2 Å². The molecule has 0 radical (unpaired) electrons. The molecule has 0 unspecified atom stereocenters. The summed E-state index contributed by atoms with van der Waals surface area (Å²) >= 11 is 0. The van der Waals surface area contributed by atoms with Crippen LogP contribution in [0.15, 0.2) is 48.5 Å². The van der Waals surface area contributed by atoms with Gasteiger partial charge < -0.3 is 14.8 Å². The Bertz CT molecular complexity index is 702. The maximum Gasteiger partial charge on any atom is 0.407 e. The normalized spacial score (nSPS) is 16.5. The van der Waals surface area contributed by atoms with Gasteiger partial charge in [-0.25, -0.2) is 4.79 Å². The van der Waals surface area contributed by atoms with Crippen molar-refractivity contribution in [3.63, 3.8) is 0 Å². The predicted octanol–water partition coefficient (Wildman–Crippen LogP) is 2.71. The molecule has 1 atom stereocenters. The van der Waals surface area contributed by atoms with Gasteiger partial charge in [-0.15, -0.1) is 0 Å². The average Bonchev–Trinajstić information content (AvgIpc) is 2.99. The number of carbonyl (C=O) groups excluding carboxylic acids is 1. The summed E-state index contributed by atoms with van der Waals surface area (Å²) in [4.78, 5) is 10.9. The lowest BCUT2D eigenvalue weighted by atomic mass is 10.0. The zero-order chi connectivity index (χ0) is 15.4. The number of alkyl carbamates (subject to hydrolysis) is 1. The van der Waals surface area contributed by atoms with Crippen molar-refractivity contribution in [1.82, 2.24) is 5.32 Å². The van der Waals surface area contributed by atoms with Gasteiger partial charge in [0.25, 0.3) is 0 Å². The molecule has 5 heteroatoms. The van der Waals surface area contributed by atoms with Crippen molar-refractivity contribution >= 4 is 6.09 Å². The molecule has 22 heavy (non-hydrogen) atoms. The Balaban J connectivity index is 1.62. The summed E-state index contributed by atoms with van der Waals surface area (Å²) < 4.78 is 10.6. The number of hydrogen-bond donors (Lipinski definition) is 1. The minimum absolute atomic E-state index is 0.245. The molecule has 1 fully saturated rings. The first-order valence-electron chi connectivity index (χ1n) is 6.92. The van der Waals surface area contributed by atoms with Crippen molar-refractivity contribution in [2.45, 2.75) is 6.10 Å². The molecule has 2 aromatic rings. The number of ether oxygens (including phenoxy) is 2. The summed E-state index contributed by atoms with van der Waals surface area (Å²) in [5.41, 5.74) is 2.73. The molecule has 1 amide bonds. The van der Waals surface area contributed by atoms with Crippen molar-refractivity contribution in [2.24, 2.45) is 0 Å². The van der Waals surface area contributed by atoms with Crippen LogP contribution >= 0.6 is 0 Å². The quantitative estimate of drug-likeness (QED) is 0.941. The average molecular weight is 294 g/mol. The maximum atomic E-state index is 10.9. The third kappa shape index (κ3) is 3.18. The van der Waals surface area contributed by atoms with Crippen LogP contribution in [0.25, 0.3) is 11.1 Å². The highest BCUT2D eigenvalue weighted by atomic mass is 16.6. The first kappa shape index (κ1) is 14.0. The molecule has 0 aromatic heterocycles. The predicted molar refractivity (Wildman–Crippen MR) is 80.4 cm³/mol. The number of benzene rings is 2. The van der Waals surface area contributed by atoms with Crippen LogP contribution in [0, 0.1) is 11.3 Å². The number of amides is 1. The lowest BCUT2D eigenvalue weighted by molar-refractivity contribution is 0.105. The molecule has 5 nitrogen and oxygen atoms in total. The molecular formula is C17H14N2O3. The van der Waals surface area contributed by atoms with E-state index in [1.165, 1.54) is 0 Å². The van der Waals surface area contributed by atoms with Gasteiger partial charge >= 0.3 is 6.09 Å². The fourth-order valence-corrected chi connectivity index (χ4v) is 2.19. The van der Waals surface area contributed by atoms with Gasteiger partial charge in [0, 0.05) is 0 Å². The van der Waals surface area contributed by atoms with Gasteiger partial charge in [-0.1, -0.05) is 24.3 Å². The number of nitrogens with zero attached hydrogens (tertiary/aromatic N) is 1. The lowest BCUT2D eigenvalue weighted by Gasteiger charge is -2.10. The number of carbonyl (C=O) groups is 1. The zero-order valence-corrected chi connectivity index (χ0v) is 11.8. The van der Waals surface area contributed by atoms with Gasteiger partial charge in [-0.05, 0) is 35.4 Å².